The molecule has 4 heterocycles. The molecule has 2 aromatic carbocycles. The first-order valence-corrected chi connectivity index (χ1v) is 12.7. The number of imide groups is 1. The summed E-state index contributed by atoms with van der Waals surface area (Å²) in [5.41, 5.74) is 4.89. The van der Waals surface area contributed by atoms with E-state index in [2.05, 4.69) is 27.3 Å². The van der Waals surface area contributed by atoms with Crippen LogP contribution in [-0.2, 0) is 22.7 Å². The van der Waals surface area contributed by atoms with E-state index in [9.17, 15) is 19.6 Å². The lowest BCUT2D eigenvalue weighted by Crippen LogP contribution is -2.60. The number of piperidine rings is 2. The smallest absolute Gasteiger partial charge is 0.255 e. The maximum Gasteiger partial charge on any atom is 0.255 e. The van der Waals surface area contributed by atoms with E-state index in [0.717, 1.165) is 67.9 Å². The minimum Gasteiger partial charge on any atom is -0.370 e. The SMILES string of the molecule is N#Cc1ccccc1CN1CCC2(CC1)CN(c1cccc3c1CN(C1CCC(=O)NC1=O)C3=O)C2. The first kappa shape index (κ1) is 22.7. The Labute approximate surface area is 210 Å². The van der Waals surface area contributed by atoms with Crippen LogP contribution in [0, 0.1) is 16.7 Å². The zero-order chi connectivity index (χ0) is 24.9. The quantitative estimate of drug-likeness (QED) is 0.671. The molecule has 6 rings (SSSR count). The molecule has 1 unspecified atom stereocenters. The second-order valence-corrected chi connectivity index (χ2v) is 10.6. The van der Waals surface area contributed by atoms with Crippen molar-refractivity contribution in [1.82, 2.24) is 15.1 Å². The number of nitrogens with zero attached hydrogens (tertiary/aromatic N) is 4. The van der Waals surface area contributed by atoms with Gasteiger partial charge in [-0.2, -0.15) is 5.26 Å². The van der Waals surface area contributed by atoms with Crippen LogP contribution < -0.4 is 10.2 Å². The second-order valence-electron chi connectivity index (χ2n) is 10.6. The van der Waals surface area contributed by atoms with Gasteiger partial charge in [0.1, 0.15) is 6.04 Å². The fraction of sp³-hybridized carbons (Fsp3) is 0.429. The lowest BCUT2D eigenvalue weighted by Gasteiger charge is -2.55. The molecule has 4 aliphatic heterocycles. The summed E-state index contributed by atoms with van der Waals surface area (Å²) in [6.07, 6.45) is 2.88. The molecule has 36 heavy (non-hydrogen) atoms. The van der Waals surface area contributed by atoms with Gasteiger partial charge in [0.25, 0.3) is 5.91 Å². The van der Waals surface area contributed by atoms with Gasteiger partial charge in [-0.3, -0.25) is 24.6 Å². The molecule has 184 valence electrons. The van der Waals surface area contributed by atoms with Crippen LogP contribution in [0.15, 0.2) is 42.5 Å². The van der Waals surface area contributed by atoms with Crippen LogP contribution in [0.1, 0.15) is 52.7 Å². The minimum absolute atomic E-state index is 0.123. The fourth-order valence-electron chi connectivity index (χ4n) is 6.31. The van der Waals surface area contributed by atoms with Crippen molar-refractivity contribution in [3.05, 3.63) is 64.7 Å². The predicted molar refractivity (Wildman–Crippen MR) is 133 cm³/mol. The highest BCUT2D eigenvalue weighted by molar-refractivity contribution is 6.06. The number of likely N-dealkylation sites (tertiary alicyclic amines) is 1. The average molecular weight is 484 g/mol. The molecule has 3 fully saturated rings. The second kappa shape index (κ2) is 8.75. The molecule has 3 amide bonds. The van der Waals surface area contributed by atoms with E-state index in [1.54, 1.807) is 4.90 Å². The van der Waals surface area contributed by atoms with Crippen LogP contribution in [0.25, 0.3) is 0 Å². The molecule has 8 heteroatoms. The predicted octanol–water partition coefficient (Wildman–Crippen LogP) is 2.42. The van der Waals surface area contributed by atoms with Crippen molar-refractivity contribution in [3.8, 4) is 6.07 Å². The highest BCUT2D eigenvalue weighted by Crippen LogP contribution is 2.45. The maximum atomic E-state index is 13.1. The lowest BCUT2D eigenvalue weighted by atomic mass is 9.71. The normalized spacial score (nSPS) is 23.3. The Morgan fingerprint density at radius 2 is 1.81 bits per heavy atom. The van der Waals surface area contributed by atoms with Gasteiger partial charge >= 0.3 is 0 Å². The molecule has 0 aromatic heterocycles. The topological polar surface area (TPSA) is 96.8 Å². The zero-order valence-electron chi connectivity index (χ0n) is 20.2. The van der Waals surface area contributed by atoms with E-state index in [1.807, 2.05) is 36.4 Å². The first-order valence-electron chi connectivity index (χ1n) is 12.7. The van der Waals surface area contributed by atoms with Gasteiger partial charge in [0.15, 0.2) is 0 Å². The van der Waals surface area contributed by atoms with Gasteiger partial charge < -0.3 is 9.80 Å². The molecule has 1 spiro atoms. The average Bonchev–Trinajstić information content (AvgIpc) is 3.20. The van der Waals surface area contributed by atoms with Crippen molar-refractivity contribution in [2.75, 3.05) is 31.1 Å². The van der Waals surface area contributed by atoms with Crippen LogP contribution in [-0.4, -0.2) is 59.7 Å². The molecule has 4 aliphatic rings. The van der Waals surface area contributed by atoms with E-state index in [4.69, 9.17) is 0 Å². The van der Waals surface area contributed by atoms with Gasteiger partial charge in [0, 0.05) is 54.8 Å². The van der Waals surface area contributed by atoms with Crippen LogP contribution in [0.5, 0.6) is 0 Å². The number of nitrogens with one attached hydrogen (secondary N) is 1. The third-order valence-corrected chi connectivity index (χ3v) is 8.40. The molecule has 1 N–H and O–H groups in total. The summed E-state index contributed by atoms with van der Waals surface area (Å²) < 4.78 is 0. The van der Waals surface area contributed by atoms with Crippen LogP contribution in [0.4, 0.5) is 5.69 Å². The number of carbonyl (C=O) groups excluding carboxylic acids is 3. The molecule has 2 aromatic rings. The Balaban J connectivity index is 1.10. The summed E-state index contributed by atoms with van der Waals surface area (Å²) >= 11 is 0. The summed E-state index contributed by atoms with van der Waals surface area (Å²) in [6, 6.07) is 15.4. The number of benzene rings is 2. The van der Waals surface area contributed by atoms with Gasteiger partial charge in [-0.25, -0.2) is 0 Å². The van der Waals surface area contributed by atoms with Gasteiger partial charge in [0.2, 0.25) is 11.8 Å². The minimum atomic E-state index is -0.589. The number of carbonyl (C=O) groups is 3. The van der Waals surface area contributed by atoms with Crippen LogP contribution in [0.3, 0.4) is 0 Å². The highest BCUT2D eigenvalue weighted by Gasteiger charge is 2.47. The largest absolute Gasteiger partial charge is 0.370 e. The molecule has 0 saturated carbocycles. The zero-order valence-corrected chi connectivity index (χ0v) is 20.2. The molecular formula is C28H29N5O3. The standard InChI is InChI=1S/C28H29N5O3/c29-14-19-4-1-2-5-20(19)15-31-12-10-28(11-13-31)17-32(18-28)23-7-3-6-21-22(23)16-33(27(21)36)24-8-9-25(34)30-26(24)35/h1-7,24H,8-13,15-18H2,(H,30,34,35). The van der Waals surface area contributed by atoms with Crippen molar-refractivity contribution in [2.45, 2.75) is 44.8 Å². The highest BCUT2D eigenvalue weighted by atomic mass is 16.2. The number of fused-ring (bicyclic) bond motifs is 1. The summed E-state index contributed by atoms with van der Waals surface area (Å²) in [5.74, 6) is -0.768. The number of nitriles is 1. The van der Waals surface area contributed by atoms with Crippen molar-refractivity contribution < 1.29 is 14.4 Å². The number of rotatable bonds is 4. The van der Waals surface area contributed by atoms with Crippen molar-refractivity contribution in [2.24, 2.45) is 5.41 Å². The van der Waals surface area contributed by atoms with E-state index in [1.165, 1.54) is 0 Å². The van der Waals surface area contributed by atoms with E-state index in [0.29, 0.717) is 23.9 Å². The number of hydrogen-bond donors (Lipinski definition) is 1. The monoisotopic (exact) mass is 483 g/mol. The molecule has 1 atom stereocenters. The first-order chi connectivity index (χ1) is 17.5. The molecule has 0 bridgehead atoms. The van der Waals surface area contributed by atoms with Crippen molar-refractivity contribution in [3.63, 3.8) is 0 Å². The van der Waals surface area contributed by atoms with Crippen LogP contribution >= 0.6 is 0 Å². The Kier molecular flexibility index (Phi) is 5.53. The Morgan fingerprint density at radius 3 is 2.56 bits per heavy atom. The number of anilines is 1. The summed E-state index contributed by atoms with van der Waals surface area (Å²) in [4.78, 5) is 43.5. The van der Waals surface area contributed by atoms with Gasteiger partial charge in [-0.15, -0.1) is 0 Å². The molecule has 3 saturated heterocycles. The Bertz CT molecular complexity index is 1280. The number of amides is 3. The summed E-state index contributed by atoms with van der Waals surface area (Å²) in [7, 11) is 0. The van der Waals surface area contributed by atoms with Crippen molar-refractivity contribution >= 4 is 23.4 Å². The van der Waals surface area contributed by atoms with E-state index in [-0.39, 0.29) is 24.1 Å². The maximum absolute atomic E-state index is 13.1. The third-order valence-electron chi connectivity index (χ3n) is 8.40. The molecule has 0 aliphatic carbocycles. The molecule has 8 nitrogen and oxygen atoms in total. The van der Waals surface area contributed by atoms with Crippen LogP contribution in [0.2, 0.25) is 0 Å². The third kappa shape index (κ3) is 3.84. The lowest BCUT2D eigenvalue weighted by molar-refractivity contribution is -0.136. The fourth-order valence-corrected chi connectivity index (χ4v) is 6.31. The Hall–Kier alpha value is -3.70. The Morgan fingerprint density at radius 1 is 1.03 bits per heavy atom. The molecule has 0 radical (unpaired) electrons. The van der Waals surface area contributed by atoms with Gasteiger partial charge in [-0.05, 0) is 56.1 Å². The van der Waals surface area contributed by atoms with Gasteiger partial charge in [-0.1, -0.05) is 24.3 Å². The van der Waals surface area contributed by atoms with E-state index >= 15 is 0 Å². The molecular weight excluding hydrogens is 454 g/mol. The van der Waals surface area contributed by atoms with Gasteiger partial charge in [0.05, 0.1) is 11.6 Å². The number of hydrogen-bond acceptors (Lipinski definition) is 6. The van der Waals surface area contributed by atoms with E-state index < -0.39 is 6.04 Å². The van der Waals surface area contributed by atoms with Crippen molar-refractivity contribution in [1.29, 1.82) is 5.26 Å². The summed E-state index contributed by atoms with van der Waals surface area (Å²) in [5, 5.41) is 11.8. The summed E-state index contributed by atoms with van der Waals surface area (Å²) in [6.45, 7) is 5.20.